The lowest BCUT2D eigenvalue weighted by Gasteiger charge is -2.54. The van der Waals surface area contributed by atoms with Gasteiger partial charge in [-0.15, -0.1) is 0 Å². The molecular formula is C21H27NO2. The molecule has 1 aliphatic rings. The second kappa shape index (κ2) is 6.58. The Labute approximate surface area is 144 Å². The second-order valence-corrected chi connectivity index (χ2v) is 7.21. The molecule has 0 saturated carbocycles. The van der Waals surface area contributed by atoms with Crippen molar-refractivity contribution >= 4 is 0 Å². The third-order valence-electron chi connectivity index (χ3n) is 5.70. The largest absolute Gasteiger partial charge is 0.497 e. The minimum Gasteiger partial charge on any atom is -0.497 e. The van der Waals surface area contributed by atoms with Gasteiger partial charge in [-0.25, -0.2) is 0 Å². The summed E-state index contributed by atoms with van der Waals surface area (Å²) in [5.74, 6) is 0.863. The van der Waals surface area contributed by atoms with Gasteiger partial charge in [-0.2, -0.15) is 0 Å². The normalized spacial score (nSPS) is 27.8. The van der Waals surface area contributed by atoms with Gasteiger partial charge < -0.3 is 14.7 Å². The van der Waals surface area contributed by atoms with E-state index in [1.807, 2.05) is 12.1 Å². The number of aliphatic hydroxyl groups excluding tert-OH is 1. The van der Waals surface area contributed by atoms with Crippen LogP contribution < -0.4 is 4.74 Å². The number of hydrogen-bond donors (Lipinski definition) is 1. The van der Waals surface area contributed by atoms with Crippen LogP contribution in [0.15, 0.2) is 54.6 Å². The van der Waals surface area contributed by atoms with E-state index in [1.165, 1.54) is 11.1 Å². The van der Waals surface area contributed by atoms with E-state index < -0.39 is 0 Å². The Morgan fingerprint density at radius 1 is 1.08 bits per heavy atom. The zero-order valence-electron chi connectivity index (χ0n) is 14.8. The molecule has 0 spiro atoms. The summed E-state index contributed by atoms with van der Waals surface area (Å²) in [7, 11) is 3.84. The molecule has 1 saturated heterocycles. The number of piperidine rings is 1. The van der Waals surface area contributed by atoms with E-state index in [1.54, 1.807) is 7.11 Å². The molecular weight excluding hydrogens is 298 g/mol. The molecule has 2 unspecified atom stereocenters. The second-order valence-electron chi connectivity index (χ2n) is 7.21. The standard InChI is InChI=1S/C21H27NO2/c1-20(16-23)15-22(2)13-12-21(20,17-8-5-4-6-9-17)18-10-7-11-19(14-18)24-3/h4-11,14,23H,12-13,15-16H2,1-3H3. The van der Waals surface area contributed by atoms with E-state index in [-0.39, 0.29) is 17.4 Å². The maximum absolute atomic E-state index is 10.4. The molecule has 1 heterocycles. The number of ether oxygens (including phenoxy) is 1. The van der Waals surface area contributed by atoms with Crippen molar-refractivity contribution < 1.29 is 9.84 Å². The molecule has 0 bridgehead atoms. The predicted molar refractivity (Wildman–Crippen MR) is 97.5 cm³/mol. The number of aliphatic hydroxyl groups is 1. The van der Waals surface area contributed by atoms with Crippen molar-refractivity contribution in [3.63, 3.8) is 0 Å². The number of rotatable bonds is 4. The minimum absolute atomic E-state index is 0.142. The van der Waals surface area contributed by atoms with Crippen LogP contribution in [0, 0.1) is 5.41 Å². The third-order valence-corrected chi connectivity index (χ3v) is 5.70. The summed E-state index contributed by atoms with van der Waals surface area (Å²) in [6, 6.07) is 19.0. The number of benzene rings is 2. The summed E-state index contributed by atoms with van der Waals surface area (Å²) >= 11 is 0. The first-order valence-electron chi connectivity index (χ1n) is 8.55. The van der Waals surface area contributed by atoms with Crippen molar-refractivity contribution in [1.29, 1.82) is 0 Å². The fourth-order valence-corrected chi connectivity index (χ4v) is 4.42. The molecule has 2 aromatic rings. The van der Waals surface area contributed by atoms with E-state index in [2.05, 4.69) is 61.3 Å². The molecule has 1 N–H and O–H groups in total. The van der Waals surface area contributed by atoms with Crippen molar-refractivity contribution in [3.8, 4) is 5.75 Å². The zero-order chi connectivity index (χ0) is 17.2. The first-order valence-corrected chi connectivity index (χ1v) is 8.55. The van der Waals surface area contributed by atoms with Crippen molar-refractivity contribution in [1.82, 2.24) is 4.90 Å². The average molecular weight is 325 g/mol. The van der Waals surface area contributed by atoms with E-state index in [9.17, 15) is 5.11 Å². The highest BCUT2D eigenvalue weighted by Gasteiger charge is 2.52. The summed E-state index contributed by atoms with van der Waals surface area (Å²) < 4.78 is 5.48. The van der Waals surface area contributed by atoms with Gasteiger partial charge in [0.25, 0.3) is 0 Å². The number of methoxy groups -OCH3 is 1. The number of nitrogens with zero attached hydrogens (tertiary/aromatic N) is 1. The van der Waals surface area contributed by atoms with E-state index in [0.29, 0.717) is 0 Å². The van der Waals surface area contributed by atoms with Crippen molar-refractivity contribution in [3.05, 3.63) is 65.7 Å². The highest BCUT2D eigenvalue weighted by molar-refractivity contribution is 5.46. The molecule has 0 radical (unpaired) electrons. The Balaban J connectivity index is 2.25. The first-order chi connectivity index (χ1) is 11.6. The molecule has 128 valence electrons. The van der Waals surface area contributed by atoms with Crippen molar-refractivity contribution in [2.24, 2.45) is 5.41 Å². The first kappa shape index (κ1) is 17.0. The summed E-state index contributed by atoms with van der Waals surface area (Å²) in [6.07, 6.45) is 0.970. The Hall–Kier alpha value is -1.84. The molecule has 1 aliphatic heterocycles. The van der Waals surface area contributed by atoms with Gasteiger partial charge in [0.2, 0.25) is 0 Å². The van der Waals surface area contributed by atoms with Crippen molar-refractivity contribution in [2.75, 3.05) is 33.9 Å². The highest BCUT2D eigenvalue weighted by atomic mass is 16.5. The topological polar surface area (TPSA) is 32.7 Å². The number of hydrogen-bond acceptors (Lipinski definition) is 3. The fourth-order valence-electron chi connectivity index (χ4n) is 4.42. The van der Waals surface area contributed by atoms with Crippen LogP contribution in [0.5, 0.6) is 5.75 Å². The van der Waals surface area contributed by atoms with Crippen LogP contribution in [0.2, 0.25) is 0 Å². The Morgan fingerprint density at radius 3 is 2.46 bits per heavy atom. The molecule has 3 rings (SSSR count). The SMILES string of the molecule is COc1cccc(C2(c3ccccc3)CCN(C)CC2(C)CO)c1. The maximum Gasteiger partial charge on any atom is 0.119 e. The monoisotopic (exact) mass is 325 g/mol. The summed E-state index contributed by atoms with van der Waals surface area (Å²) in [6.45, 7) is 4.20. The lowest BCUT2D eigenvalue weighted by Crippen LogP contribution is -2.58. The molecule has 0 aromatic heterocycles. The fraction of sp³-hybridized carbons (Fsp3) is 0.429. The lowest BCUT2D eigenvalue weighted by molar-refractivity contribution is -0.000831. The van der Waals surface area contributed by atoms with Crippen LogP contribution in [0.1, 0.15) is 24.5 Å². The van der Waals surface area contributed by atoms with Gasteiger partial charge in [-0.05, 0) is 43.3 Å². The quantitative estimate of drug-likeness (QED) is 0.936. The molecule has 0 aliphatic carbocycles. The summed E-state index contributed by atoms with van der Waals surface area (Å²) in [5, 5.41) is 10.4. The van der Waals surface area contributed by atoms with Gasteiger partial charge in [-0.3, -0.25) is 0 Å². The molecule has 3 nitrogen and oxygen atoms in total. The van der Waals surface area contributed by atoms with Gasteiger partial charge in [0.05, 0.1) is 13.7 Å². The van der Waals surface area contributed by atoms with E-state index in [4.69, 9.17) is 4.74 Å². The van der Waals surface area contributed by atoms with Crippen LogP contribution in [-0.4, -0.2) is 43.9 Å². The molecule has 2 atom stereocenters. The summed E-state index contributed by atoms with van der Waals surface area (Å²) in [4.78, 5) is 2.32. The average Bonchev–Trinajstić information content (AvgIpc) is 2.63. The highest BCUT2D eigenvalue weighted by Crippen LogP contribution is 2.52. The summed E-state index contributed by atoms with van der Waals surface area (Å²) in [5.41, 5.74) is 1.98. The third kappa shape index (κ3) is 2.62. The molecule has 24 heavy (non-hydrogen) atoms. The number of likely N-dealkylation sites (tertiary alicyclic amines) is 1. The van der Waals surface area contributed by atoms with Gasteiger partial charge in [-0.1, -0.05) is 49.4 Å². The van der Waals surface area contributed by atoms with Gasteiger partial charge in [0.15, 0.2) is 0 Å². The Bertz CT molecular complexity index is 687. The smallest absolute Gasteiger partial charge is 0.119 e. The Kier molecular flexibility index (Phi) is 4.66. The van der Waals surface area contributed by atoms with E-state index in [0.717, 1.165) is 25.3 Å². The van der Waals surface area contributed by atoms with Crippen LogP contribution in [0.4, 0.5) is 0 Å². The molecule has 0 amide bonds. The predicted octanol–water partition coefficient (Wildman–Crippen LogP) is 3.32. The Morgan fingerprint density at radius 2 is 1.79 bits per heavy atom. The zero-order valence-corrected chi connectivity index (χ0v) is 14.8. The minimum atomic E-state index is -0.270. The van der Waals surface area contributed by atoms with Crippen LogP contribution >= 0.6 is 0 Å². The lowest BCUT2D eigenvalue weighted by atomic mass is 9.54. The van der Waals surface area contributed by atoms with Gasteiger partial charge in [0, 0.05) is 17.4 Å². The van der Waals surface area contributed by atoms with Crippen molar-refractivity contribution in [2.45, 2.75) is 18.8 Å². The van der Waals surface area contributed by atoms with Gasteiger partial charge >= 0.3 is 0 Å². The molecule has 2 aromatic carbocycles. The maximum atomic E-state index is 10.4. The van der Waals surface area contributed by atoms with E-state index >= 15 is 0 Å². The molecule has 3 heteroatoms. The van der Waals surface area contributed by atoms with Crippen LogP contribution in [0.25, 0.3) is 0 Å². The van der Waals surface area contributed by atoms with Gasteiger partial charge in [0.1, 0.15) is 5.75 Å². The molecule has 1 fully saturated rings. The van der Waals surface area contributed by atoms with Crippen LogP contribution in [0.3, 0.4) is 0 Å². The van der Waals surface area contributed by atoms with Crippen LogP contribution in [-0.2, 0) is 5.41 Å².